The van der Waals surface area contributed by atoms with Gasteiger partial charge in [-0.2, -0.15) is 0 Å². The fourth-order valence-electron chi connectivity index (χ4n) is 2.11. The van der Waals surface area contributed by atoms with Crippen LogP contribution in [0.25, 0.3) is 0 Å². The van der Waals surface area contributed by atoms with Gasteiger partial charge in [0.25, 0.3) is 0 Å². The van der Waals surface area contributed by atoms with E-state index in [-0.39, 0.29) is 18.4 Å². The number of nitrogens with one attached hydrogen (secondary N) is 2. The van der Waals surface area contributed by atoms with Crippen LogP contribution in [0.15, 0.2) is 5.38 Å². The summed E-state index contributed by atoms with van der Waals surface area (Å²) in [6, 6.07) is -0.292. The van der Waals surface area contributed by atoms with Crippen molar-refractivity contribution in [2.75, 3.05) is 6.54 Å². The number of thiazole rings is 1. The molecule has 1 heterocycles. The predicted molar refractivity (Wildman–Crippen MR) is 82.3 cm³/mol. The molecule has 1 aromatic rings. The third-order valence-corrected chi connectivity index (χ3v) is 3.74. The van der Waals surface area contributed by atoms with Crippen molar-refractivity contribution in [3.63, 3.8) is 0 Å². The molecule has 1 rings (SSSR count). The van der Waals surface area contributed by atoms with Crippen LogP contribution in [0.4, 0.5) is 4.79 Å². The minimum atomic E-state index is -0.833. The van der Waals surface area contributed by atoms with Crippen molar-refractivity contribution < 1.29 is 14.7 Å². The first-order valence-electron chi connectivity index (χ1n) is 7.01. The number of carboxylic acids is 1. The Balaban J connectivity index is 2.33. The van der Waals surface area contributed by atoms with Crippen molar-refractivity contribution in [1.29, 1.82) is 0 Å². The van der Waals surface area contributed by atoms with E-state index in [4.69, 9.17) is 5.11 Å². The maximum atomic E-state index is 11.7. The molecular formula is C14H23N3O3S. The summed E-state index contributed by atoms with van der Waals surface area (Å²) in [4.78, 5) is 26.8. The summed E-state index contributed by atoms with van der Waals surface area (Å²) in [5, 5.41) is 17.2. The second-order valence-electron chi connectivity index (χ2n) is 5.51. The van der Waals surface area contributed by atoms with Crippen molar-refractivity contribution in [3.8, 4) is 0 Å². The van der Waals surface area contributed by atoms with E-state index in [1.807, 2.05) is 26.2 Å². The quantitative estimate of drug-likeness (QED) is 0.687. The van der Waals surface area contributed by atoms with Gasteiger partial charge in [-0.15, -0.1) is 11.3 Å². The summed E-state index contributed by atoms with van der Waals surface area (Å²) in [7, 11) is 0. The molecule has 3 N–H and O–H groups in total. The van der Waals surface area contributed by atoms with Gasteiger partial charge in [0.2, 0.25) is 0 Å². The highest BCUT2D eigenvalue weighted by Crippen LogP contribution is 2.14. The average molecular weight is 313 g/mol. The number of urea groups is 1. The van der Waals surface area contributed by atoms with E-state index in [9.17, 15) is 9.59 Å². The Hall–Kier alpha value is -1.63. The zero-order valence-electron chi connectivity index (χ0n) is 12.7. The molecule has 0 aliphatic rings. The van der Waals surface area contributed by atoms with E-state index in [1.54, 1.807) is 0 Å². The minimum Gasteiger partial charge on any atom is -0.481 e. The molecule has 0 aliphatic carbocycles. The van der Waals surface area contributed by atoms with E-state index in [0.717, 1.165) is 17.1 Å². The first kappa shape index (κ1) is 17.4. The molecule has 7 heteroatoms. The Bertz CT molecular complexity index is 474. The van der Waals surface area contributed by atoms with Crippen molar-refractivity contribution in [2.24, 2.45) is 11.8 Å². The Morgan fingerprint density at radius 3 is 2.62 bits per heavy atom. The molecule has 1 aromatic heterocycles. The fourth-order valence-corrected chi connectivity index (χ4v) is 2.72. The largest absolute Gasteiger partial charge is 0.481 e. The summed E-state index contributed by atoms with van der Waals surface area (Å²) in [5.41, 5.74) is 0.830. The number of rotatable bonds is 8. The second kappa shape index (κ2) is 8.61. The number of aliphatic carboxylic acids is 1. The Morgan fingerprint density at radius 2 is 2.10 bits per heavy atom. The highest BCUT2D eigenvalue weighted by molar-refractivity contribution is 7.09. The molecule has 21 heavy (non-hydrogen) atoms. The van der Waals surface area contributed by atoms with Crippen molar-refractivity contribution in [3.05, 3.63) is 16.1 Å². The number of carbonyl (C=O) groups is 2. The number of amides is 2. The molecule has 118 valence electrons. The molecule has 0 radical (unpaired) electrons. The average Bonchev–Trinajstić information content (AvgIpc) is 2.78. The zero-order chi connectivity index (χ0) is 15.8. The Kier molecular flexibility index (Phi) is 7.14. The van der Waals surface area contributed by atoms with Crippen molar-refractivity contribution in [1.82, 2.24) is 15.6 Å². The van der Waals surface area contributed by atoms with Gasteiger partial charge in [0.15, 0.2) is 0 Å². The summed E-state index contributed by atoms with van der Waals surface area (Å²) >= 11 is 1.54. The van der Waals surface area contributed by atoms with Gasteiger partial charge >= 0.3 is 12.0 Å². The van der Waals surface area contributed by atoms with Crippen LogP contribution in [-0.2, 0) is 11.3 Å². The number of carboxylic acid groups (broad SMARTS) is 1. The standard InChI is InChI=1S/C14H23N3O3S/c1-9(2)4-11(5-13(18)19)6-15-14(20)16-7-12-8-21-10(3)17-12/h8-9,11H,4-7H2,1-3H3,(H,18,19)(H2,15,16,20)/t11-/m0/s1. The van der Waals surface area contributed by atoms with Gasteiger partial charge in [-0.05, 0) is 25.2 Å². The Labute approximate surface area is 129 Å². The summed E-state index contributed by atoms with van der Waals surface area (Å²) in [6.45, 7) is 6.74. The van der Waals surface area contributed by atoms with Gasteiger partial charge in [-0.1, -0.05) is 13.8 Å². The molecule has 1 atom stereocenters. The van der Waals surface area contributed by atoms with Crippen LogP contribution in [-0.4, -0.2) is 28.6 Å². The van der Waals surface area contributed by atoms with Crippen LogP contribution >= 0.6 is 11.3 Å². The zero-order valence-corrected chi connectivity index (χ0v) is 13.5. The maximum absolute atomic E-state index is 11.7. The number of hydrogen-bond acceptors (Lipinski definition) is 4. The summed E-state index contributed by atoms with van der Waals surface area (Å²) in [5.74, 6) is -0.479. The summed E-state index contributed by atoms with van der Waals surface area (Å²) in [6.07, 6.45) is 0.849. The molecular weight excluding hydrogens is 290 g/mol. The van der Waals surface area contributed by atoms with Crippen LogP contribution in [0.2, 0.25) is 0 Å². The number of hydrogen-bond donors (Lipinski definition) is 3. The number of nitrogens with zero attached hydrogens (tertiary/aromatic N) is 1. The SMILES string of the molecule is Cc1nc(CNC(=O)NC[C@H](CC(=O)O)CC(C)C)cs1. The van der Waals surface area contributed by atoms with Crippen LogP contribution < -0.4 is 10.6 Å². The molecule has 0 unspecified atom stereocenters. The number of carbonyl (C=O) groups excluding carboxylic acids is 1. The molecule has 6 nitrogen and oxygen atoms in total. The smallest absolute Gasteiger partial charge is 0.315 e. The van der Waals surface area contributed by atoms with Crippen LogP contribution in [0.1, 0.15) is 37.4 Å². The number of aryl methyl sites for hydroxylation is 1. The fraction of sp³-hybridized carbons (Fsp3) is 0.643. The lowest BCUT2D eigenvalue weighted by Gasteiger charge is -2.17. The van der Waals surface area contributed by atoms with Crippen molar-refractivity contribution >= 4 is 23.3 Å². The van der Waals surface area contributed by atoms with Crippen LogP contribution in [0.5, 0.6) is 0 Å². The molecule has 0 bridgehead atoms. The van der Waals surface area contributed by atoms with Gasteiger partial charge in [0.1, 0.15) is 0 Å². The molecule has 0 fully saturated rings. The van der Waals surface area contributed by atoms with Crippen LogP contribution in [0, 0.1) is 18.8 Å². The van der Waals surface area contributed by atoms with Gasteiger partial charge in [-0.3, -0.25) is 4.79 Å². The van der Waals surface area contributed by atoms with E-state index in [0.29, 0.717) is 19.0 Å². The lowest BCUT2D eigenvalue weighted by atomic mass is 9.94. The highest BCUT2D eigenvalue weighted by atomic mass is 32.1. The van der Waals surface area contributed by atoms with Crippen molar-refractivity contribution in [2.45, 2.75) is 40.2 Å². The maximum Gasteiger partial charge on any atom is 0.315 e. The van der Waals surface area contributed by atoms with E-state index < -0.39 is 5.97 Å². The molecule has 0 aromatic carbocycles. The monoisotopic (exact) mass is 313 g/mol. The van der Waals surface area contributed by atoms with Gasteiger partial charge < -0.3 is 15.7 Å². The minimum absolute atomic E-state index is 0.0465. The highest BCUT2D eigenvalue weighted by Gasteiger charge is 2.16. The van der Waals surface area contributed by atoms with Gasteiger partial charge in [-0.25, -0.2) is 9.78 Å². The number of aromatic nitrogens is 1. The molecule has 0 saturated heterocycles. The normalized spacial score (nSPS) is 12.2. The molecule has 2 amide bonds. The molecule has 0 spiro atoms. The molecule has 0 aliphatic heterocycles. The third kappa shape index (κ3) is 7.65. The summed E-state index contributed by atoms with van der Waals surface area (Å²) < 4.78 is 0. The topological polar surface area (TPSA) is 91.3 Å². The van der Waals surface area contributed by atoms with Gasteiger partial charge in [0, 0.05) is 18.3 Å². The first-order chi connectivity index (χ1) is 9.86. The van der Waals surface area contributed by atoms with Crippen LogP contribution in [0.3, 0.4) is 0 Å². The first-order valence-corrected chi connectivity index (χ1v) is 7.89. The Morgan fingerprint density at radius 1 is 1.38 bits per heavy atom. The van der Waals surface area contributed by atoms with E-state index in [2.05, 4.69) is 15.6 Å². The van der Waals surface area contributed by atoms with E-state index in [1.165, 1.54) is 11.3 Å². The predicted octanol–water partition coefficient (Wildman–Crippen LogP) is 2.39. The van der Waals surface area contributed by atoms with Gasteiger partial charge in [0.05, 0.1) is 17.2 Å². The van der Waals surface area contributed by atoms with E-state index >= 15 is 0 Å². The lowest BCUT2D eigenvalue weighted by molar-refractivity contribution is -0.138. The lowest BCUT2D eigenvalue weighted by Crippen LogP contribution is -2.38. The second-order valence-corrected chi connectivity index (χ2v) is 6.58. The molecule has 0 saturated carbocycles. The third-order valence-electron chi connectivity index (χ3n) is 2.92.